The first-order valence-corrected chi connectivity index (χ1v) is 11.2. The van der Waals surface area contributed by atoms with Crippen LogP contribution < -0.4 is 5.32 Å². The highest BCUT2D eigenvalue weighted by Gasteiger charge is 2.41. The number of carbonyl (C=O) groups excluding carboxylic acids is 2. The van der Waals surface area contributed by atoms with E-state index in [9.17, 15) is 9.59 Å². The summed E-state index contributed by atoms with van der Waals surface area (Å²) < 4.78 is 0. The van der Waals surface area contributed by atoms with Gasteiger partial charge in [-0.3, -0.25) is 9.59 Å². The number of aliphatic hydroxyl groups is 1. The number of amides is 2. The number of benzene rings is 1. The lowest BCUT2D eigenvalue weighted by Gasteiger charge is -2.16. The fraction of sp³-hybridized carbons (Fsp3) is 0.400. The number of thioether (sulfide) groups is 2. The smallest absolute Gasteiger partial charge is 0.262 e. The molecule has 28 heavy (non-hydrogen) atoms. The van der Waals surface area contributed by atoms with Crippen LogP contribution in [-0.2, 0) is 10.5 Å². The van der Waals surface area contributed by atoms with Gasteiger partial charge >= 0.3 is 0 Å². The largest absolute Gasteiger partial charge is 0.396 e. The molecule has 1 aromatic rings. The molecule has 146 valence electrons. The van der Waals surface area contributed by atoms with E-state index < -0.39 is 0 Å². The number of hydrogen-bond acceptors (Lipinski definition) is 6. The zero-order valence-electron chi connectivity index (χ0n) is 15.3. The summed E-state index contributed by atoms with van der Waals surface area (Å²) in [5.74, 6) is 0.195. The molecule has 0 saturated heterocycles. The van der Waals surface area contributed by atoms with Crippen molar-refractivity contribution in [3.05, 3.63) is 45.9 Å². The van der Waals surface area contributed by atoms with Crippen molar-refractivity contribution in [2.24, 2.45) is 15.9 Å². The van der Waals surface area contributed by atoms with Gasteiger partial charge in [-0.25, -0.2) is 4.99 Å². The maximum Gasteiger partial charge on any atom is 0.262 e. The third-order valence-electron chi connectivity index (χ3n) is 4.89. The monoisotopic (exact) mass is 415 g/mol. The van der Waals surface area contributed by atoms with E-state index in [-0.39, 0.29) is 24.3 Å². The summed E-state index contributed by atoms with van der Waals surface area (Å²) >= 11 is 3.11. The first-order chi connectivity index (χ1) is 13.7. The van der Waals surface area contributed by atoms with Gasteiger partial charge in [-0.2, -0.15) is 4.99 Å². The van der Waals surface area contributed by atoms with Gasteiger partial charge in [0.1, 0.15) is 5.92 Å². The molecule has 1 aromatic carbocycles. The number of carbonyl (C=O) groups is 2. The predicted octanol–water partition coefficient (Wildman–Crippen LogP) is 3.13. The fourth-order valence-electron chi connectivity index (χ4n) is 3.46. The number of nitrogens with one attached hydrogen (secondary N) is 1. The van der Waals surface area contributed by atoms with E-state index in [2.05, 4.69) is 15.3 Å². The van der Waals surface area contributed by atoms with Crippen molar-refractivity contribution >= 4 is 45.5 Å². The Morgan fingerprint density at radius 3 is 2.86 bits per heavy atom. The van der Waals surface area contributed by atoms with Gasteiger partial charge in [-0.1, -0.05) is 35.7 Å². The van der Waals surface area contributed by atoms with Crippen molar-refractivity contribution in [3.63, 3.8) is 0 Å². The van der Waals surface area contributed by atoms with Crippen LogP contribution in [0.4, 0.5) is 0 Å². The lowest BCUT2D eigenvalue weighted by Crippen LogP contribution is -2.25. The average Bonchev–Trinajstić information content (AvgIpc) is 3.27. The molecular weight excluding hydrogens is 394 g/mol. The second-order valence-electron chi connectivity index (χ2n) is 6.84. The number of hydrogen-bond donors (Lipinski definition) is 2. The van der Waals surface area contributed by atoms with Crippen LogP contribution in [0.3, 0.4) is 0 Å². The minimum absolute atomic E-state index is 0.0605. The molecule has 2 heterocycles. The summed E-state index contributed by atoms with van der Waals surface area (Å²) in [6.07, 6.45) is 3.73. The molecule has 8 heteroatoms. The molecule has 2 N–H and O–H groups in total. The summed E-state index contributed by atoms with van der Waals surface area (Å²) in [7, 11) is 0. The highest BCUT2D eigenvalue weighted by molar-refractivity contribution is 8.18. The van der Waals surface area contributed by atoms with Gasteiger partial charge in [0.05, 0.1) is 5.04 Å². The first kappa shape index (κ1) is 19.4. The van der Waals surface area contributed by atoms with E-state index in [1.54, 1.807) is 23.9 Å². The maximum atomic E-state index is 12.5. The first-order valence-electron chi connectivity index (χ1n) is 9.37. The van der Waals surface area contributed by atoms with Crippen LogP contribution in [0.5, 0.6) is 0 Å². The quantitative estimate of drug-likeness (QED) is 0.697. The van der Waals surface area contributed by atoms with Gasteiger partial charge in [-0.05, 0) is 53.9 Å². The topological polar surface area (TPSA) is 91.1 Å². The minimum Gasteiger partial charge on any atom is -0.396 e. The summed E-state index contributed by atoms with van der Waals surface area (Å²) in [5.41, 5.74) is 2.87. The van der Waals surface area contributed by atoms with Crippen molar-refractivity contribution in [2.75, 3.05) is 13.2 Å². The van der Waals surface area contributed by atoms with Crippen molar-refractivity contribution < 1.29 is 14.7 Å². The van der Waals surface area contributed by atoms with Gasteiger partial charge in [0, 0.05) is 24.5 Å². The molecule has 0 spiro atoms. The third kappa shape index (κ3) is 4.09. The van der Waals surface area contributed by atoms with E-state index in [0.717, 1.165) is 29.9 Å². The summed E-state index contributed by atoms with van der Waals surface area (Å²) in [6.45, 7) is 0.517. The van der Waals surface area contributed by atoms with Gasteiger partial charge < -0.3 is 10.4 Å². The second kappa shape index (κ2) is 8.63. The number of aliphatic hydroxyl groups excluding tert-OH is 1. The van der Waals surface area contributed by atoms with Crippen molar-refractivity contribution in [1.82, 2.24) is 5.32 Å². The number of allylic oxidation sites excluding steroid dienone is 1. The Labute approximate surface area is 172 Å². The van der Waals surface area contributed by atoms with Crippen molar-refractivity contribution in [1.29, 1.82) is 0 Å². The Kier molecular flexibility index (Phi) is 5.99. The zero-order chi connectivity index (χ0) is 19.5. The molecule has 0 fully saturated rings. The summed E-state index contributed by atoms with van der Waals surface area (Å²) in [4.78, 5) is 34.6. The van der Waals surface area contributed by atoms with Crippen LogP contribution in [0.25, 0.3) is 0 Å². The number of fused-ring (bicyclic) bond motifs is 2. The van der Waals surface area contributed by atoms with Gasteiger partial charge in [0.2, 0.25) is 0 Å². The van der Waals surface area contributed by atoms with Crippen molar-refractivity contribution in [3.8, 4) is 0 Å². The third-order valence-corrected chi connectivity index (χ3v) is 7.06. The molecule has 0 saturated carbocycles. The predicted molar refractivity (Wildman–Crippen MR) is 114 cm³/mol. The Balaban J connectivity index is 1.33. The molecule has 0 aromatic heterocycles. The molecule has 1 aliphatic carbocycles. The lowest BCUT2D eigenvalue weighted by atomic mass is 9.98. The van der Waals surface area contributed by atoms with E-state index in [1.807, 2.05) is 12.1 Å². The number of rotatable bonds is 6. The van der Waals surface area contributed by atoms with E-state index in [1.165, 1.54) is 22.2 Å². The highest BCUT2D eigenvalue weighted by Crippen LogP contribution is 2.49. The second-order valence-corrected chi connectivity index (χ2v) is 8.90. The number of aliphatic imine (C=N–C) groups is 2. The van der Waals surface area contributed by atoms with Crippen LogP contribution in [0, 0.1) is 5.92 Å². The van der Waals surface area contributed by atoms with Gasteiger partial charge in [0.15, 0.2) is 5.17 Å². The maximum absolute atomic E-state index is 12.5. The minimum atomic E-state index is -0.213. The zero-order valence-corrected chi connectivity index (χ0v) is 16.9. The Bertz CT molecular complexity index is 890. The summed E-state index contributed by atoms with van der Waals surface area (Å²) in [6, 6.07) is 7.35. The standard InChI is InChI=1S/C20H21N3O3S2/c24-10-2-9-21-17(25)13-7-5-12(6-8-13)11-27-20-22-18(26)16-14-3-1-4-15(14)28-19(16)23-20/h5-8,16,24H,1-4,9-11H2,(H,21,25). The highest BCUT2D eigenvalue weighted by atomic mass is 32.2. The van der Waals surface area contributed by atoms with Gasteiger partial charge in [0.25, 0.3) is 11.8 Å². The van der Waals surface area contributed by atoms with Crippen LogP contribution in [0.2, 0.25) is 0 Å². The SMILES string of the molecule is O=C(NCCCO)c1ccc(CSC2=NC(=O)C3C(=N2)SC2=C3CCC2)cc1. The molecular formula is C20H21N3O3S2. The number of nitrogens with zero attached hydrogens (tertiary/aromatic N) is 2. The molecule has 0 bridgehead atoms. The molecule has 2 aliphatic heterocycles. The number of amidine groups is 1. The molecule has 0 radical (unpaired) electrons. The van der Waals surface area contributed by atoms with E-state index in [0.29, 0.717) is 29.4 Å². The van der Waals surface area contributed by atoms with E-state index in [4.69, 9.17) is 5.11 Å². The van der Waals surface area contributed by atoms with Crippen LogP contribution >= 0.6 is 23.5 Å². The molecule has 1 unspecified atom stereocenters. The Morgan fingerprint density at radius 1 is 1.25 bits per heavy atom. The van der Waals surface area contributed by atoms with E-state index >= 15 is 0 Å². The van der Waals surface area contributed by atoms with Crippen molar-refractivity contribution in [2.45, 2.75) is 31.4 Å². The van der Waals surface area contributed by atoms with Crippen LogP contribution in [-0.4, -0.2) is 40.3 Å². The molecule has 4 rings (SSSR count). The Morgan fingerprint density at radius 2 is 2.07 bits per heavy atom. The molecule has 1 atom stereocenters. The fourth-order valence-corrected chi connectivity index (χ4v) is 5.67. The average molecular weight is 416 g/mol. The Hall–Kier alpha value is -1.90. The van der Waals surface area contributed by atoms with Crippen LogP contribution in [0.15, 0.2) is 44.7 Å². The van der Waals surface area contributed by atoms with Gasteiger partial charge in [-0.15, -0.1) is 0 Å². The normalized spacial score (nSPS) is 20.6. The summed E-state index contributed by atoms with van der Waals surface area (Å²) in [5, 5.41) is 12.9. The molecule has 3 aliphatic rings. The lowest BCUT2D eigenvalue weighted by molar-refractivity contribution is -0.118. The van der Waals surface area contributed by atoms with Crippen LogP contribution in [0.1, 0.15) is 41.6 Å². The molecule has 6 nitrogen and oxygen atoms in total. The molecule has 2 amide bonds.